The molecule has 0 aliphatic carbocycles. The van der Waals surface area contributed by atoms with Crippen molar-refractivity contribution in [3.63, 3.8) is 0 Å². The highest BCUT2D eigenvalue weighted by Gasteiger charge is 2.08. The SMILES string of the molecule is CCNCC.O=C(c1ccc(O)cc1)c1ccc(O)cc1. The zero-order valence-electron chi connectivity index (χ0n) is 12.3. The Morgan fingerprint density at radius 3 is 1.38 bits per heavy atom. The first-order valence-corrected chi connectivity index (χ1v) is 6.92. The van der Waals surface area contributed by atoms with Gasteiger partial charge in [-0.2, -0.15) is 0 Å². The molecule has 0 fully saturated rings. The third-order valence-electron chi connectivity index (χ3n) is 2.76. The summed E-state index contributed by atoms with van der Waals surface area (Å²) in [6, 6.07) is 12.1. The summed E-state index contributed by atoms with van der Waals surface area (Å²) in [4.78, 5) is 11.9. The van der Waals surface area contributed by atoms with Crippen molar-refractivity contribution in [2.45, 2.75) is 13.8 Å². The first-order valence-electron chi connectivity index (χ1n) is 6.92. The van der Waals surface area contributed by atoms with Crippen LogP contribution < -0.4 is 5.32 Å². The molecule has 0 spiro atoms. The Kier molecular flexibility index (Phi) is 6.98. The maximum absolute atomic E-state index is 11.9. The smallest absolute Gasteiger partial charge is 0.193 e. The van der Waals surface area contributed by atoms with E-state index in [1.54, 1.807) is 24.3 Å². The van der Waals surface area contributed by atoms with Gasteiger partial charge >= 0.3 is 0 Å². The molecule has 0 heterocycles. The number of hydrogen-bond acceptors (Lipinski definition) is 4. The summed E-state index contributed by atoms with van der Waals surface area (Å²) >= 11 is 0. The van der Waals surface area contributed by atoms with Gasteiger partial charge in [-0.15, -0.1) is 0 Å². The fraction of sp³-hybridized carbons (Fsp3) is 0.235. The third kappa shape index (κ3) is 5.67. The summed E-state index contributed by atoms with van der Waals surface area (Å²) in [5, 5.41) is 21.3. The topological polar surface area (TPSA) is 69.6 Å². The molecule has 3 N–H and O–H groups in total. The molecular weight excluding hydrogens is 266 g/mol. The molecule has 0 aliphatic rings. The molecular formula is C17H21NO3. The highest BCUT2D eigenvalue weighted by molar-refractivity contribution is 6.09. The maximum atomic E-state index is 11.9. The van der Waals surface area contributed by atoms with Crippen LogP contribution in [0.3, 0.4) is 0 Å². The van der Waals surface area contributed by atoms with Crippen molar-refractivity contribution in [2.75, 3.05) is 13.1 Å². The van der Waals surface area contributed by atoms with E-state index < -0.39 is 0 Å². The van der Waals surface area contributed by atoms with Crippen molar-refractivity contribution in [1.82, 2.24) is 5.32 Å². The minimum atomic E-state index is -0.139. The van der Waals surface area contributed by atoms with E-state index >= 15 is 0 Å². The monoisotopic (exact) mass is 287 g/mol. The minimum Gasteiger partial charge on any atom is -0.508 e. The zero-order chi connectivity index (χ0) is 15.7. The van der Waals surface area contributed by atoms with E-state index in [1.807, 2.05) is 0 Å². The summed E-state index contributed by atoms with van der Waals surface area (Å²) in [6.45, 7) is 6.39. The lowest BCUT2D eigenvalue weighted by atomic mass is 10.0. The van der Waals surface area contributed by atoms with Crippen LogP contribution in [-0.4, -0.2) is 29.1 Å². The number of aromatic hydroxyl groups is 2. The Hall–Kier alpha value is -2.33. The van der Waals surface area contributed by atoms with Crippen LogP contribution in [0, 0.1) is 0 Å². The quantitative estimate of drug-likeness (QED) is 0.756. The molecule has 21 heavy (non-hydrogen) atoms. The first kappa shape index (κ1) is 16.7. The number of carbonyl (C=O) groups excluding carboxylic acids is 1. The first-order chi connectivity index (χ1) is 10.1. The molecule has 0 aliphatic heterocycles. The number of rotatable bonds is 4. The summed E-state index contributed by atoms with van der Waals surface area (Å²) in [5.74, 6) is 0.115. The molecule has 4 nitrogen and oxygen atoms in total. The molecule has 0 bridgehead atoms. The number of ketones is 1. The fourth-order valence-electron chi connectivity index (χ4n) is 1.64. The average molecular weight is 287 g/mol. The van der Waals surface area contributed by atoms with Crippen LogP contribution >= 0.6 is 0 Å². The van der Waals surface area contributed by atoms with Crippen LogP contribution in [-0.2, 0) is 0 Å². The zero-order valence-corrected chi connectivity index (χ0v) is 12.3. The summed E-state index contributed by atoms with van der Waals surface area (Å²) in [7, 11) is 0. The van der Waals surface area contributed by atoms with Gasteiger partial charge in [-0.1, -0.05) is 13.8 Å². The maximum Gasteiger partial charge on any atom is 0.193 e. The minimum absolute atomic E-state index is 0.127. The van der Waals surface area contributed by atoms with Gasteiger partial charge in [0.15, 0.2) is 5.78 Å². The van der Waals surface area contributed by atoms with Crippen molar-refractivity contribution in [1.29, 1.82) is 0 Å². The van der Waals surface area contributed by atoms with E-state index in [2.05, 4.69) is 19.2 Å². The number of hydrogen-bond donors (Lipinski definition) is 3. The lowest BCUT2D eigenvalue weighted by Crippen LogP contribution is -2.09. The van der Waals surface area contributed by atoms with Gasteiger partial charge in [0.2, 0.25) is 0 Å². The van der Waals surface area contributed by atoms with Crippen LogP contribution in [0.4, 0.5) is 0 Å². The molecule has 2 rings (SSSR count). The van der Waals surface area contributed by atoms with Gasteiger partial charge in [-0.05, 0) is 61.6 Å². The van der Waals surface area contributed by atoms with Crippen molar-refractivity contribution in [2.24, 2.45) is 0 Å². The van der Waals surface area contributed by atoms with Crippen molar-refractivity contribution in [3.8, 4) is 11.5 Å². The standard InChI is InChI=1S/C13H10O3.C4H11N/c14-11-5-1-9(2-6-11)13(16)10-3-7-12(15)8-4-10;1-3-5-4-2/h1-8,14-15H;5H,3-4H2,1-2H3. The fourth-order valence-corrected chi connectivity index (χ4v) is 1.64. The van der Waals surface area contributed by atoms with Crippen molar-refractivity contribution in [3.05, 3.63) is 59.7 Å². The van der Waals surface area contributed by atoms with Gasteiger partial charge in [0.1, 0.15) is 11.5 Å². The van der Waals surface area contributed by atoms with Gasteiger partial charge < -0.3 is 15.5 Å². The van der Waals surface area contributed by atoms with Gasteiger partial charge in [0.25, 0.3) is 0 Å². The molecule has 0 atom stereocenters. The van der Waals surface area contributed by atoms with E-state index in [0.29, 0.717) is 11.1 Å². The highest BCUT2D eigenvalue weighted by atomic mass is 16.3. The Labute approximate surface area is 125 Å². The van der Waals surface area contributed by atoms with E-state index in [4.69, 9.17) is 10.2 Å². The van der Waals surface area contributed by atoms with Crippen LogP contribution in [0.1, 0.15) is 29.8 Å². The second kappa shape index (κ2) is 8.76. The second-order valence-electron chi connectivity index (χ2n) is 4.38. The number of benzene rings is 2. The van der Waals surface area contributed by atoms with Crippen LogP contribution in [0.25, 0.3) is 0 Å². The third-order valence-corrected chi connectivity index (χ3v) is 2.76. The Morgan fingerprint density at radius 1 is 0.810 bits per heavy atom. The predicted molar refractivity (Wildman–Crippen MR) is 83.9 cm³/mol. The van der Waals surface area contributed by atoms with Crippen LogP contribution in [0.2, 0.25) is 0 Å². The van der Waals surface area contributed by atoms with E-state index in [1.165, 1.54) is 24.3 Å². The normalized spacial score (nSPS) is 9.62. The van der Waals surface area contributed by atoms with Crippen molar-refractivity contribution >= 4 is 5.78 Å². The van der Waals surface area contributed by atoms with Gasteiger partial charge in [-0.3, -0.25) is 4.79 Å². The van der Waals surface area contributed by atoms with Crippen LogP contribution in [0.15, 0.2) is 48.5 Å². The molecule has 2 aromatic carbocycles. The van der Waals surface area contributed by atoms with E-state index in [9.17, 15) is 4.79 Å². The van der Waals surface area contributed by atoms with Gasteiger partial charge in [0.05, 0.1) is 0 Å². The average Bonchev–Trinajstić information content (AvgIpc) is 2.49. The van der Waals surface area contributed by atoms with Gasteiger partial charge in [0, 0.05) is 11.1 Å². The molecule has 4 heteroatoms. The number of nitrogens with one attached hydrogen (secondary N) is 1. The van der Waals surface area contributed by atoms with E-state index in [-0.39, 0.29) is 17.3 Å². The van der Waals surface area contributed by atoms with E-state index in [0.717, 1.165) is 13.1 Å². The molecule has 0 saturated carbocycles. The lowest BCUT2D eigenvalue weighted by molar-refractivity contribution is 0.103. The molecule has 0 radical (unpaired) electrons. The number of phenols is 2. The Bertz CT molecular complexity index is 498. The molecule has 0 unspecified atom stereocenters. The van der Waals surface area contributed by atoms with Crippen LogP contribution in [0.5, 0.6) is 11.5 Å². The molecule has 0 aromatic heterocycles. The Morgan fingerprint density at radius 2 is 1.14 bits per heavy atom. The Balaban J connectivity index is 0.000000383. The number of phenolic OH excluding ortho intramolecular Hbond substituents is 2. The van der Waals surface area contributed by atoms with Crippen molar-refractivity contribution < 1.29 is 15.0 Å². The summed E-state index contributed by atoms with van der Waals surface area (Å²) in [5.41, 5.74) is 1.01. The lowest BCUT2D eigenvalue weighted by Gasteiger charge is -2.01. The second-order valence-corrected chi connectivity index (χ2v) is 4.38. The molecule has 112 valence electrons. The summed E-state index contributed by atoms with van der Waals surface area (Å²) < 4.78 is 0. The largest absolute Gasteiger partial charge is 0.508 e. The highest BCUT2D eigenvalue weighted by Crippen LogP contribution is 2.16. The number of carbonyl (C=O) groups is 1. The summed E-state index contributed by atoms with van der Waals surface area (Å²) in [6.07, 6.45) is 0. The predicted octanol–water partition coefficient (Wildman–Crippen LogP) is 2.94. The molecule has 2 aromatic rings. The molecule has 0 amide bonds. The van der Waals surface area contributed by atoms with Gasteiger partial charge in [-0.25, -0.2) is 0 Å². The molecule has 0 saturated heterocycles.